The number of aryl methyl sites for hydroxylation is 2. The van der Waals surface area contributed by atoms with E-state index >= 15 is 0 Å². The molecule has 0 unspecified atom stereocenters. The van der Waals surface area contributed by atoms with Gasteiger partial charge < -0.3 is 20.3 Å². The molecule has 1 aromatic heterocycles. The maximum absolute atomic E-state index is 14.0. The number of aliphatic hydroxyl groups excluding tert-OH is 1. The molecule has 47 heavy (non-hydrogen) atoms. The molecule has 1 amide bonds. The van der Waals surface area contributed by atoms with Gasteiger partial charge >= 0.3 is 6.18 Å². The number of aromatic nitrogens is 1. The number of carbonyl (C=O) groups excluding carboxylic acids is 1. The molecule has 0 saturated carbocycles. The molecular weight excluding hydrogens is 629 g/mol. The first-order valence-electron chi connectivity index (χ1n) is 15.7. The molecule has 12 heteroatoms. The normalized spacial score (nSPS) is 17.1. The van der Waals surface area contributed by atoms with Crippen LogP contribution in [0.15, 0.2) is 72.9 Å². The van der Waals surface area contributed by atoms with Gasteiger partial charge in [-0.2, -0.15) is 13.2 Å². The van der Waals surface area contributed by atoms with Crippen LogP contribution in [0.3, 0.4) is 0 Å². The Balaban J connectivity index is 1.43. The lowest BCUT2D eigenvalue weighted by Gasteiger charge is -2.38. The van der Waals surface area contributed by atoms with Gasteiger partial charge in [0.1, 0.15) is 0 Å². The lowest BCUT2D eigenvalue weighted by molar-refractivity contribution is -0.137. The van der Waals surface area contributed by atoms with Crippen LogP contribution in [0.2, 0.25) is 0 Å². The number of nitrogens with zero attached hydrogens (tertiary/aromatic N) is 2. The van der Waals surface area contributed by atoms with Crippen molar-refractivity contribution >= 4 is 33.3 Å². The van der Waals surface area contributed by atoms with Crippen molar-refractivity contribution in [2.45, 2.75) is 63.9 Å². The van der Waals surface area contributed by atoms with E-state index in [1.54, 1.807) is 36.4 Å². The topological polar surface area (TPSA) is 110 Å². The van der Waals surface area contributed by atoms with E-state index in [0.717, 1.165) is 34.2 Å². The summed E-state index contributed by atoms with van der Waals surface area (Å²) < 4.78 is 65.4. The summed E-state index contributed by atoms with van der Waals surface area (Å²) in [5.74, 6) is -0.183. The van der Waals surface area contributed by atoms with Gasteiger partial charge in [-0.05, 0) is 74.1 Å². The Bertz CT molecular complexity index is 1730. The Labute approximate surface area is 275 Å². The van der Waals surface area contributed by atoms with Crippen LogP contribution in [0.5, 0.6) is 0 Å². The monoisotopic (exact) mass is 672 g/mol. The second-order valence-electron chi connectivity index (χ2n) is 12.7. The van der Waals surface area contributed by atoms with Crippen LogP contribution < -0.4 is 14.9 Å². The van der Waals surface area contributed by atoms with Gasteiger partial charge in [-0.1, -0.05) is 49.4 Å². The minimum atomic E-state index is -4.48. The highest BCUT2D eigenvalue weighted by Gasteiger charge is 2.34. The fraction of sp³-hybridized carbons (Fsp3) is 0.400. The molecule has 5 N–H and O–H groups in total. The average Bonchev–Trinajstić information content (AvgIpc) is 3.56. The van der Waals surface area contributed by atoms with Crippen LogP contribution in [-0.2, 0) is 31.6 Å². The maximum Gasteiger partial charge on any atom is 0.416 e. The van der Waals surface area contributed by atoms with E-state index in [1.807, 2.05) is 55.1 Å². The number of fused-ring (bicyclic) bond motifs is 1. The molecule has 0 spiro atoms. The van der Waals surface area contributed by atoms with E-state index < -0.39 is 46.1 Å². The van der Waals surface area contributed by atoms with Crippen LogP contribution in [0.1, 0.15) is 59.8 Å². The van der Waals surface area contributed by atoms with Gasteiger partial charge in [0.05, 0.1) is 34.7 Å². The molecule has 254 valence electrons. The Hall–Kier alpha value is -3.55. The summed E-state index contributed by atoms with van der Waals surface area (Å²) in [6.45, 7) is 5.93. The summed E-state index contributed by atoms with van der Waals surface area (Å²) in [6, 6.07) is 17.2. The van der Waals surface area contributed by atoms with E-state index in [-0.39, 0.29) is 12.3 Å². The molecule has 2 heterocycles. The summed E-state index contributed by atoms with van der Waals surface area (Å²) in [4.78, 5) is 14.0. The molecular formula is C35H43F3N4O4S. The average molecular weight is 673 g/mol. The Morgan fingerprint density at radius 3 is 2.36 bits per heavy atom. The number of rotatable bonds is 11. The van der Waals surface area contributed by atoms with Crippen molar-refractivity contribution in [3.05, 3.63) is 101 Å². The van der Waals surface area contributed by atoms with Crippen LogP contribution in [-0.4, -0.2) is 55.7 Å². The molecule has 1 fully saturated rings. The molecule has 2 atom stereocenters. The number of carbonyl (C=O) groups is 1. The van der Waals surface area contributed by atoms with Crippen LogP contribution in [0.4, 0.5) is 18.9 Å². The Morgan fingerprint density at radius 2 is 1.72 bits per heavy atom. The standard InChI is InChI=1S/C35H43F3N4O4S/c1-5-24-22-41(4)32-28(24)18-25(19-30(32)42-15-10-16-47(42,45)46)33(44)40-29(17-23-11-7-6-8-12-23)31(43)21-39-34(2,3)26-13-9-14-27(20-26)35(36,37)38/h6-9,11-14,18-20,22,29,31,39,43,45-46H,5,10,15-17,21H2,1-4H3,(H,40,44)/t29-,31+/m0/s1. The lowest BCUT2D eigenvalue weighted by atomic mass is 9.92. The maximum atomic E-state index is 14.0. The predicted molar refractivity (Wildman–Crippen MR) is 182 cm³/mol. The highest BCUT2D eigenvalue weighted by atomic mass is 32.3. The number of benzene rings is 3. The first-order valence-corrected chi connectivity index (χ1v) is 17.4. The predicted octanol–water partition coefficient (Wildman–Crippen LogP) is 6.86. The number of nitrogens with one attached hydrogen (secondary N) is 2. The molecule has 5 rings (SSSR count). The number of amides is 1. The van der Waals surface area contributed by atoms with Crippen molar-refractivity contribution in [3.8, 4) is 0 Å². The van der Waals surface area contributed by atoms with Gasteiger partial charge in [0, 0.05) is 42.8 Å². The zero-order valence-corrected chi connectivity index (χ0v) is 27.8. The van der Waals surface area contributed by atoms with Gasteiger partial charge in [0.25, 0.3) is 5.91 Å². The van der Waals surface area contributed by atoms with E-state index in [4.69, 9.17) is 0 Å². The fourth-order valence-electron chi connectivity index (χ4n) is 6.23. The third-order valence-electron chi connectivity index (χ3n) is 8.93. The summed E-state index contributed by atoms with van der Waals surface area (Å²) in [7, 11) is -1.15. The number of hydrogen-bond acceptors (Lipinski definition) is 6. The van der Waals surface area contributed by atoms with Crippen molar-refractivity contribution in [1.82, 2.24) is 15.2 Å². The number of halogens is 3. The van der Waals surface area contributed by atoms with Gasteiger partial charge in [-0.25, -0.2) is 0 Å². The third-order valence-corrected chi connectivity index (χ3v) is 10.8. The Morgan fingerprint density at radius 1 is 1.02 bits per heavy atom. The van der Waals surface area contributed by atoms with Crippen molar-refractivity contribution in [3.63, 3.8) is 0 Å². The second kappa shape index (κ2) is 13.5. The molecule has 8 nitrogen and oxygen atoms in total. The minimum Gasteiger partial charge on any atom is -0.390 e. The van der Waals surface area contributed by atoms with Crippen LogP contribution in [0, 0.1) is 0 Å². The second-order valence-corrected chi connectivity index (χ2v) is 14.8. The molecule has 0 bridgehead atoms. The van der Waals surface area contributed by atoms with Crippen molar-refractivity contribution in [1.29, 1.82) is 0 Å². The lowest BCUT2D eigenvalue weighted by Crippen LogP contribution is -2.51. The molecule has 1 aliphatic rings. The Kier molecular flexibility index (Phi) is 10.0. The molecule has 1 saturated heterocycles. The number of aliphatic hydroxyl groups is 1. The summed E-state index contributed by atoms with van der Waals surface area (Å²) in [6.07, 6.45) is -1.99. The number of alkyl halides is 3. The van der Waals surface area contributed by atoms with Gasteiger partial charge in [-0.3, -0.25) is 18.2 Å². The van der Waals surface area contributed by atoms with Gasteiger partial charge in [-0.15, -0.1) is 10.8 Å². The molecule has 0 radical (unpaired) electrons. The number of anilines is 1. The summed E-state index contributed by atoms with van der Waals surface area (Å²) in [5, 5.41) is 18.5. The largest absolute Gasteiger partial charge is 0.416 e. The van der Waals surface area contributed by atoms with E-state index in [2.05, 4.69) is 10.6 Å². The van der Waals surface area contributed by atoms with E-state index in [9.17, 15) is 32.2 Å². The molecule has 4 aromatic rings. The van der Waals surface area contributed by atoms with Crippen LogP contribution >= 0.6 is 10.8 Å². The zero-order chi connectivity index (χ0) is 34.1. The molecule has 0 aliphatic carbocycles. The first-order chi connectivity index (χ1) is 22.1. The van der Waals surface area contributed by atoms with Crippen molar-refractivity contribution < 1.29 is 32.2 Å². The van der Waals surface area contributed by atoms with Crippen LogP contribution in [0.25, 0.3) is 10.9 Å². The van der Waals surface area contributed by atoms with Crippen molar-refractivity contribution in [2.24, 2.45) is 7.05 Å². The van der Waals surface area contributed by atoms with E-state index in [1.165, 1.54) is 6.07 Å². The van der Waals surface area contributed by atoms with Gasteiger partial charge in [0.15, 0.2) is 0 Å². The third kappa shape index (κ3) is 7.62. The van der Waals surface area contributed by atoms with E-state index in [0.29, 0.717) is 42.6 Å². The van der Waals surface area contributed by atoms with Gasteiger partial charge in [0.2, 0.25) is 0 Å². The summed E-state index contributed by atoms with van der Waals surface area (Å²) in [5.41, 5.74) is 2.31. The SMILES string of the molecule is CCc1cn(C)c2c(N3CCCS3(O)O)cc(C(=O)N[C@@H](Cc3ccccc3)[C@H](O)CNC(C)(C)c3cccc(C(F)(F)F)c3)cc12. The molecule has 1 aliphatic heterocycles. The first kappa shape index (κ1) is 34.8. The quantitative estimate of drug-likeness (QED) is 0.119. The highest BCUT2D eigenvalue weighted by molar-refractivity contribution is 8.25. The van der Waals surface area contributed by atoms with Crippen molar-refractivity contribution in [2.75, 3.05) is 23.1 Å². The summed E-state index contributed by atoms with van der Waals surface area (Å²) >= 11 is 0. The fourth-order valence-corrected chi connectivity index (χ4v) is 7.85. The molecule has 3 aromatic carbocycles. The highest BCUT2D eigenvalue weighted by Crippen LogP contribution is 2.53. The minimum absolute atomic E-state index is 0.0152. The zero-order valence-electron chi connectivity index (χ0n) is 27.0. The number of hydrogen-bond donors (Lipinski definition) is 5. The smallest absolute Gasteiger partial charge is 0.390 e.